The number of carbonyl (C=O) groups excluding carboxylic acids is 3. The molecular weight excluding hydrogens is 622 g/mol. The van der Waals surface area contributed by atoms with E-state index in [-0.39, 0.29) is 36.1 Å². The van der Waals surface area contributed by atoms with Crippen molar-refractivity contribution >= 4 is 46.1 Å². The Hall–Kier alpha value is -4.51. The molecule has 3 aromatic rings. The molecule has 2 aromatic carbocycles. The van der Waals surface area contributed by atoms with Crippen molar-refractivity contribution in [3.05, 3.63) is 65.9 Å². The Morgan fingerprint density at radius 3 is 2.33 bits per heavy atom. The third kappa shape index (κ3) is 7.13. The van der Waals surface area contributed by atoms with Crippen LogP contribution in [0.1, 0.15) is 76.8 Å². The molecule has 3 heterocycles. The minimum Gasteiger partial charge on any atom is -0.465 e. The van der Waals surface area contributed by atoms with Crippen molar-refractivity contribution < 1.29 is 29.0 Å². The summed E-state index contributed by atoms with van der Waals surface area (Å²) in [4.78, 5) is 64.9. The van der Waals surface area contributed by atoms with E-state index in [1.54, 1.807) is 16.7 Å². The highest BCUT2D eigenvalue weighted by Gasteiger charge is 2.45. The van der Waals surface area contributed by atoms with Crippen LogP contribution in [0.25, 0.3) is 10.9 Å². The van der Waals surface area contributed by atoms with Gasteiger partial charge >= 0.3 is 6.09 Å². The highest BCUT2D eigenvalue weighted by molar-refractivity contribution is 6.09. The van der Waals surface area contributed by atoms with E-state index >= 15 is 4.79 Å². The number of hydrogen-bond donors (Lipinski definition) is 2. The van der Waals surface area contributed by atoms with Crippen LogP contribution in [-0.2, 0) is 25.7 Å². The van der Waals surface area contributed by atoms with E-state index in [1.165, 1.54) is 7.05 Å². The van der Waals surface area contributed by atoms with Crippen LogP contribution in [0.3, 0.4) is 0 Å². The van der Waals surface area contributed by atoms with Gasteiger partial charge in [0.15, 0.2) is 0 Å². The standard InChI is InChI=1S/C38H47N5O6/c1-23-33(40-34(44)32(20-38(2,3)4)41(5)37(47)48)36(46)42(22-28-26-10-6-7-11-29(26)39-21-27(28)24-14-15-24)30-12-8-9-13-31(30)43(23)35(45)25-16-18-49-19-17-25/h6-13,21,23-25,32-33H,14-20,22H2,1-5H3,(H,40,44)(H,47,48)/t23-,32-,33-/m0/s1. The quantitative estimate of drug-likeness (QED) is 0.314. The normalized spacial score (nSPS) is 20.8. The Morgan fingerprint density at radius 1 is 1.02 bits per heavy atom. The SMILES string of the molecule is C[C@H]1[C@H](NC(=O)[C@H](CC(C)(C)C)N(C)C(=O)O)C(=O)N(Cc2c(C3CC3)cnc3ccccc23)c2ccccc2N1C(=O)C1CCOCC1. The molecule has 3 atom stereocenters. The lowest BCUT2D eigenvalue weighted by Crippen LogP contribution is -2.61. The third-order valence-corrected chi connectivity index (χ3v) is 10.1. The molecular formula is C38H47N5O6. The van der Waals surface area contributed by atoms with Crippen LogP contribution >= 0.6 is 0 Å². The van der Waals surface area contributed by atoms with Crippen LogP contribution in [-0.4, -0.2) is 77.2 Å². The molecule has 0 unspecified atom stereocenters. The first-order chi connectivity index (χ1) is 23.4. The third-order valence-electron chi connectivity index (χ3n) is 10.1. The molecule has 4 amide bonds. The minimum atomic E-state index is -1.24. The average molecular weight is 670 g/mol. The summed E-state index contributed by atoms with van der Waals surface area (Å²) in [6.07, 6.45) is 4.13. The Bertz CT molecular complexity index is 1740. The number of carbonyl (C=O) groups is 4. The molecule has 1 aromatic heterocycles. The number of aromatic nitrogens is 1. The molecule has 6 rings (SSSR count). The highest BCUT2D eigenvalue weighted by atomic mass is 16.5. The van der Waals surface area contributed by atoms with Gasteiger partial charge in [-0.05, 0) is 79.7 Å². The lowest BCUT2D eigenvalue weighted by atomic mass is 9.87. The van der Waals surface area contributed by atoms with E-state index in [0.717, 1.165) is 39.8 Å². The van der Waals surface area contributed by atoms with Crippen LogP contribution < -0.4 is 15.1 Å². The Labute approximate surface area is 287 Å². The molecule has 1 saturated heterocycles. The van der Waals surface area contributed by atoms with Gasteiger partial charge in [0.05, 0.1) is 29.5 Å². The van der Waals surface area contributed by atoms with Gasteiger partial charge in [0.1, 0.15) is 12.1 Å². The number of benzene rings is 2. The van der Waals surface area contributed by atoms with Gasteiger partial charge < -0.3 is 25.0 Å². The number of likely N-dealkylation sites (N-methyl/N-ethyl adjacent to an activating group) is 1. The molecule has 49 heavy (non-hydrogen) atoms. The smallest absolute Gasteiger partial charge is 0.407 e. The number of para-hydroxylation sites is 3. The zero-order valence-corrected chi connectivity index (χ0v) is 29.0. The number of hydrogen-bond acceptors (Lipinski definition) is 6. The molecule has 3 aliphatic rings. The maximum absolute atomic E-state index is 15.1. The number of rotatable bonds is 8. The summed E-state index contributed by atoms with van der Waals surface area (Å²) in [6.45, 7) is 8.75. The fourth-order valence-corrected chi connectivity index (χ4v) is 7.23. The molecule has 0 radical (unpaired) electrons. The van der Waals surface area contributed by atoms with Crippen molar-refractivity contribution in [2.24, 2.45) is 11.3 Å². The molecule has 0 bridgehead atoms. The summed E-state index contributed by atoms with van der Waals surface area (Å²) >= 11 is 0. The van der Waals surface area contributed by atoms with E-state index < -0.39 is 30.1 Å². The van der Waals surface area contributed by atoms with E-state index in [2.05, 4.69) is 5.32 Å². The number of anilines is 2. The van der Waals surface area contributed by atoms with Gasteiger partial charge in [0.2, 0.25) is 11.8 Å². The van der Waals surface area contributed by atoms with Crippen LogP contribution in [0, 0.1) is 11.3 Å². The van der Waals surface area contributed by atoms with Gasteiger partial charge in [-0.25, -0.2) is 4.79 Å². The van der Waals surface area contributed by atoms with Crippen molar-refractivity contribution in [1.82, 2.24) is 15.2 Å². The van der Waals surface area contributed by atoms with Crippen LogP contribution in [0.2, 0.25) is 0 Å². The largest absolute Gasteiger partial charge is 0.465 e. The van der Waals surface area contributed by atoms with E-state index in [4.69, 9.17) is 9.72 Å². The number of pyridine rings is 1. The Balaban J connectivity index is 1.47. The van der Waals surface area contributed by atoms with Gasteiger partial charge in [0, 0.05) is 37.8 Å². The van der Waals surface area contributed by atoms with Crippen molar-refractivity contribution in [3.63, 3.8) is 0 Å². The molecule has 2 fully saturated rings. The van der Waals surface area contributed by atoms with E-state index in [9.17, 15) is 19.5 Å². The fourth-order valence-electron chi connectivity index (χ4n) is 7.23. The first kappa shape index (κ1) is 34.4. The Morgan fingerprint density at radius 2 is 1.67 bits per heavy atom. The zero-order valence-electron chi connectivity index (χ0n) is 29.0. The van der Waals surface area contributed by atoms with Crippen molar-refractivity contribution in [1.29, 1.82) is 0 Å². The zero-order chi connectivity index (χ0) is 35.0. The predicted octanol–water partition coefficient (Wildman–Crippen LogP) is 5.71. The number of nitrogens with one attached hydrogen (secondary N) is 1. The fraction of sp³-hybridized carbons (Fsp3) is 0.500. The molecule has 0 spiro atoms. The molecule has 2 N–H and O–H groups in total. The molecule has 1 aliphatic carbocycles. The summed E-state index contributed by atoms with van der Waals surface area (Å²) in [5.41, 5.74) is 3.71. The lowest BCUT2D eigenvalue weighted by molar-refractivity contribution is -0.132. The maximum Gasteiger partial charge on any atom is 0.407 e. The molecule has 11 nitrogen and oxygen atoms in total. The van der Waals surface area contributed by atoms with Crippen molar-refractivity contribution in [2.75, 3.05) is 30.1 Å². The van der Waals surface area contributed by atoms with Crippen LogP contribution in [0.15, 0.2) is 54.7 Å². The van der Waals surface area contributed by atoms with Crippen molar-refractivity contribution in [3.8, 4) is 0 Å². The Kier molecular flexibility index (Phi) is 9.66. The first-order valence-corrected chi connectivity index (χ1v) is 17.3. The van der Waals surface area contributed by atoms with Crippen LogP contribution in [0.5, 0.6) is 0 Å². The second kappa shape index (κ2) is 13.8. The second-order valence-corrected chi connectivity index (χ2v) is 14.9. The molecule has 260 valence electrons. The van der Waals surface area contributed by atoms with E-state index in [1.807, 2.05) is 75.5 Å². The van der Waals surface area contributed by atoms with E-state index in [0.29, 0.717) is 43.3 Å². The number of nitrogens with zero attached hydrogens (tertiary/aromatic N) is 4. The van der Waals surface area contributed by atoms with Gasteiger partial charge in [-0.3, -0.25) is 24.3 Å². The summed E-state index contributed by atoms with van der Waals surface area (Å²) in [7, 11) is 1.37. The number of carboxylic acid groups (broad SMARTS) is 1. The molecule has 2 aliphatic heterocycles. The highest BCUT2D eigenvalue weighted by Crippen LogP contribution is 2.45. The number of amides is 4. The second-order valence-electron chi connectivity index (χ2n) is 14.9. The average Bonchev–Trinajstić information content (AvgIpc) is 3.94. The van der Waals surface area contributed by atoms with Crippen molar-refractivity contribution in [2.45, 2.75) is 90.4 Å². The summed E-state index contributed by atoms with van der Waals surface area (Å²) < 4.78 is 5.56. The molecule has 11 heteroatoms. The lowest BCUT2D eigenvalue weighted by Gasteiger charge is -2.37. The first-order valence-electron chi connectivity index (χ1n) is 17.3. The van der Waals surface area contributed by atoms with Gasteiger partial charge in [-0.15, -0.1) is 0 Å². The summed E-state index contributed by atoms with van der Waals surface area (Å²) in [6, 6.07) is 12.3. The summed E-state index contributed by atoms with van der Waals surface area (Å²) in [5, 5.41) is 13.8. The van der Waals surface area contributed by atoms with Crippen LogP contribution in [0.4, 0.5) is 16.2 Å². The predicted molar refractivity (Wildman–Crippen MR) is 187 cm³/mol. The maximum atomic E-state index is 15.1. The van der Waals surface area contributed by atoms with Gasteiger partial charge in [-0.2, -0.15) is 0 Å². The van der Waals surface area contributed by atoms with Gasteiger partial charge in [-0.1, -0.05) is 51.1 Å². The number of ether oxygens (including phenoxy) is 1. The molecule has 1 saturated carbocycles. The summed E-state index contributed by atoms with van der Waals surface area (Å²) in [5.74, 6) is -1.03. The van der Waals surface area contributed by atoms with Gasteiger partial charge in [0.25, 0.3) is 5.91 Å². The minimum absolute atomic E-state index is 0.126. The topological polar surface area (TPSA) is 132 Å². The monoisotopic (exact) mass is 669 g/mol. The number of fused-ring (bicyclic) bond motifs is 2.